The molecular weight excluding hydrogens is 312 g/mol. The highest BCUT2D eigenvalue weighted by Crippen LogP contribution is 2.33. The lowest BCUT2D eigenvalue weighted by Gasteiger charge is -2.42. The van der Waals surface area contributed by atoms with Crippen molar-refractivity contribution in [3.05, 3.63) is 0 Å². The molecule has 0 aromatic heterocycles. The number of carbonyl (C=O) groups excluding carboxylic acids is 2. The summed E-state index contributed by atoms with van der Waals surface area (Å²) in [5, 5.41) is 20.1. The fourth-order valence-electron chi connectivity index (χ4n) is 2.48. The Kier molecular flexibility index (Phi) is 5.59. The first-order valence-corrected chi connectivity index (χ1v) is 7.25. The van der Waals surface area contributed by atoms with E-state index in [2.05, 4.69) is 5.32 Å². The SMILES string of the molecule is CCC1(CC)C(=O)NC(=S)N([C@@H](CCC(=O)O)C(=O)O)C1=O. The van der Waals surface area contributed by atoms with Crippen LogP contribution in [0.3, 0.4) is 0 Å². The lowest BCUT2D eigenvalue weighted by atomic mass is 9.78. The zero-order valence-corrected chi connectivity index (χ0v) is 13.1. The van der Waals surface area contributed by atoms with Gasteiger partial charge in [0.1, 0.15) is 11.5 Å². The molecule has 0 saturated carbocycles. The molecule has 0 radical (unpaired) electrons. The van der Waals surface area contributed by atoms with Crippen molar-refractivity contribution in [2.75, 3.05) is 0 Å². The molecule has 1 saturated heterocycles. The molecule has 0 aromatic carbocycles. The molecule has 1 aliphatic heterocycles. The fourth-order valence-corrected chi connectivity index (χ4v) is 2.78. The van der Waals surface area contributed by atoms with Crippen molar-refractivity contribution in [2.24, 2.45) is 5.41 Å². The van der Waals surface area contributed by atoms with Crippen molar-refractivity contribution < 1.29 is 29.4 Å². The van der Waals surface area contributed by atoms with Gasteiger partial charge in [-0.05, 0) is 31.5 Å². The molecule has 122 valence electrons. The number of nitrogens with one attached hydrogen (secondary N) is 1. The number of aliphatic carboxylic acids is 2. The van der Waals surface area contributed by atoms with Crippen LogP contribution in [0.1, 0.15) is 39.5 Å². The van der Waals surface area contributed by atoms with Crippen molar-refractivity contribution in [3.8, 4) is 0 Å². The van der Waals surface area contributed by atoms with E-state index < -0.39 is 41.6 Å². The second-order valence-corrected chi connectivity index (χ2v) is 5.40. The van der Waals surface area contributed by atoms with Crippen molar-refractivity contribution >= 4 is 41.1 Å². The highest BCUT2D eigenvalue weighted by molar-refractivity contribution is 7.80. The largest absolute Gasteiger partial charge is 0.481 e. The summed E-state index contributed by atoms with van der Waals surface area (Å²) in [5.41, 5.74) is -1.38. The maximum Gasteiger partial charge on any atom is 0.326 e. The number of carboxylic acids is 2. The van der Waals surface area contributed by atoms with Gasteiger partial charge in [-0.2, -0.15) is 0 Å². The molecule has 0 unspecified atom stereocenters. The van der Waals surface area contributed by atoms with E-state index in [4.69, 9.17) is 17.3 Å². The van der Waals surface area contributed by atoms with E-state index in [0.29, 0.717) is 0 Å². The summed E-state index contributed by atoms with van der Waals surface area (Å²) in [4.78, 5) is 47.7. The zero-order chi connectivity index (χ0) is 17.1. The van der Waals surface area contributed by atoms with Crippen LogP contribution in [0.15, 0.2) is 0 Å². The molecule has 2 amide bonds. The third kappa shape index (κ3) is 3.08. The van der Waals surface area contributed by atoms with Gasteiger partial charge in [0.15, 0.2) is 5.11 Å². The summed E-state index contributed by atoms with van der Waals surface area (Å²) in [7, 11) is 0. The van der Waals surface area contributed by atoms with E-state index in [1.54, 1.807) is 13.8 Å². The third-order valence-electron chi connectivity index (χ3n) is 3.94. The van der Waals surface area contributed by atoms with Crippen molar-refractivity contribution in [1.29, 1.82) is 0 Å². The summed E-state index contributed by atoms with van der Waals surface area (Å²) in [5.74, 6) is -3.78. The summed E-state index contributed by atoms with van der Waals surface area (Å²) in [6.45, 7) is 3.31. The molecule has 1 fully saturated rings. The number of carbonyl (C=O) groups is 4. The number of nitrogens with zero attached hydrogens (tertiary/aromatic N) is 1. The Hall–Kier alpha value is -2.03. The lowest BCUT2D eigenvalue weighted by molar-refractivity contribution is -0.158. The van der Waals surface area contributed by atoms with E-state index in [1.165, 1.54) is 0 Å². The van der Waals surface area contributed by atoms with Gasteiger partial charge in [0, 0.05) is 6.42 Å². The Labute approximate surface area is 132 Å². The van der Waals surface area contributed by atoms with Crippen molar-refractivity contribution in [2.45, 2.75) is 45.6 Å². The smallest absolute Gasteiger partial charge is 0.326 e. The molecule has 0 aromatic rings. The summed E-state index contributed by atoms with van der Waals surface area (Å²) < 4.78 is 0. The number of hydrogen-bond donors (Lipinski definition) is 3. The molecular formula is C13H18N2O6S. The normalized spacial score (nSPS) is 18.8. The number of rotatable bonds is 7. The number of carboxylic acid groups (broad SMARTS) is 2. The van der Waals surface area contributed by atoms with Crippen molar-refractivity contribution in [3.63, 3.8) is 0 Å². The zero-order valence-electron chi connectivity index (χ0n) is 12.3. The molecule has 1 rings (SSSR count). The lowest BCUT2D eigenvalue weighted by Crippen LogP contribution is -2.66. The van der Waals surface area contributed by atoms with Gasteiger partial charge in [0.25, 0.3) is 0 Å². The molecule has 1 aliphatic rings. The average Bonchev–Trinajstić information content (AvgIpc) is 2.43. The monoisotopic (exact) mass is 330 g/mol. The van der Waals surface area contributed by atoms with Crippen LogP contribution >= 0.6 is 12.2 Å². The minimum Gasteiger partial charge on any atom is -0.481 e. The predicted octanol–water partition coefficient (Wildman–Crippen LogP) is 0.354. The third-order valence-corrected chi connectivity index (χ3v) is 4.24. The quantitative estimate of drug-likeness (QED) is 0.454. The van der Waals surface area contributed by atoms with E-state index in [0.717, 1.165) is 4.90 Å². The van der Waals surface area contributed by atoms with Gasteiger partial charge < -0.3 is 15.5 Å². The topological polar surface area (TPSA) is 124 Å². The van der Waals surface area contributed by atoms with Gasteiger partial charge in [-0.1, -0.05) is 13.8 Å². The van der Waals surface area contributed by atoms with Gasteiger partial charge in [-0.15, -0.1) is 0 Å². The van der Waals surface area contributed by atoms with E-state index >= 15 is 0 Å². The minimum atomic E-state index is -1.42. The molecule has 3 N–H and O–H groups in total. The highest BCUT2D eigenvalue weighted by Gasteiger charge is 2.52. The van der Waals surface area contributed by atoms with Crippen LogP contribution in [0, 0.1) is 5.41 Å². The van der Waals surface area contributed by atoms with Crippen LogP contribution in [0.4, 0.5) is 0 Å². The number of amides is 2. The van der Waals surface area contributed by atoms with Gasteiger partial charge in [0.2, 0.25) is 11.8 Å². The molecule has 1 heterocycles. The molecule has 22 heavy (non-hydrogen) atoms. The molecule has 8 nitrogen and oxygen atoms in total. The minimum absolute atomic E-state index is 0.193. The Bertz CT molecular complexity index is 529. The van der Waals surface area contributed by atoms with E-state index in [9.17, 15) is 24.3 Å². The van der Waals surface area contributed by atoms with Crippen LogP contribution < -0.4 is 5.32 Å². The van der Waals surface area contributed by atoms with Crippen LogP contribution in [0.2, 0.25) is 0 Å². The molecule has 0 spiro atoms. The van der Waals surface area contributed by atoms with Gasteiger partial charge in [-0.3, -0.25) is 19.3 Å². The van der Waals surface area contributed by atoms with E-state index in [1.807, 2.05) is 0 Å². The maximum atomic E-state index is 12.7. The fraction of sp³-hybridized carbons (Fsp3) is 0.615. The maximum absolute atomic E-state index is 12.7. The second kappa shape index (κ2) is 6.82. The molecule has 0 bridgehead atoms. The first-order chi connectivity index (χ1) is 10.2. The molecule has 0 aliphatic carbocycles. The first kappa shape index (κ1) is 18.0. The van der Waals surface area contributed by atoms with Crippen LogP contribution in [0.5, 0.6) is 0 Å². The van der Waals surface area contributed by atoms with Gasteiger partial charge >= 0.3 is 11.9 Å². The Morgan fingerprint density at radius 1 is 1.27 bits per heavy atom. The van der Waals surface area contributed by atoms with E-state index in [-0.39, 0.29) is 24.4 Å². The number of thiocarbonyl (C=S) groups is 1. The van der Waals surface area contributed by atoms with Gasteiger partial charge in [-0.25, -0.2) is 4.79 Å². The average molecular weight is 330 g/mol. The van der Waals surface area contributed by atoms with Crippen molar-refractivity contribution in [1.82, 2.24) is 10.2 Å². The Balaban J connectivity index is 3.20. The molecule has 9 heteroatoms. The predicted molar refractivity (Wildman–Crippen MR) is 78.9 cm³/mol. The van der Waals surface area contributed by atoms with Gasteiger partial charge in [0.05, 0.1) is 0 Å². The Morgan fingerprint density at radius 3 is 2.23 bits per heavy atom. The highest BCUT2D eigenvalue weighted by atomic mass is 32.1. The van der Waals surface area contributed by atoms with Crippen LogP contribution in [-0.4, -0.2) is 50.0 Å². The first-order valence-electron chi connectivity index (χ1n) is 6.85. The second-order valence-electron chi connectivity index (χ2n) is 5.01. The Morgan fingerprint density at radius 2 is 1.82 bits per heavy atom. The molecule has 1 atom stereocenters. The standard InChI is InChI=1S/C13H18N2O6S/c1-3-13(4-2)10(20)14-12(22)15(11(13)21)7(9(18)19)5-6-8(16)17/h7H,3-6H2,1-2H3,(H,16,17)(H,18,19)(H,14,20,22)/t7-/m0/s1. The summed E-state index contributed by atoms with van der Waals surface area (Å²) in [6.07, 6.45) is -0.338. The van der Waals surface area contributed by atoms with Crippen LogP contribution in [0.25, 0.3) is 0 Å². The summed E-state index contributed by atoms with van der Waals surface area (Å²) >= 11 is 4.92. The number of hydrogen-bond acceptors (Lipinski definition) is 5. The van der Waals surface area contributed by atoms with Crippen LogP contribution in [-0.2, 0) is 19.2 Å². The summed E-state index contributed by atoms with van der Waals surface area (Å²) in [6, 6.07) is -1.42.